The molecule has 2 aliphatic heterocycles. The predicted molar refractivity (Wildman–Crippen MR) is 177 cm³/mol. The smallest absolute Gasteiger partial charge is 0.303 e. The van der Waals surface area contributed by atoms with Crippen molar-refractivity contribution in [1.82, 2.24) is 0 Å². The molecule has 0 aliphatic carbocycles. The van der Waals surface area contributed by atoms with Crippen LogP contribution in [0.3, 0.4) is 0 Å². The topological polar surface area (TPSA) is 272 Å². The molecule has 2 aliphatic rings. The Balaban J connectivity index is 2.39. The summed E-state index contributed by atoms with van der Waals surface area (Å²) in [6.45, 7) is 10.7. The van der Waals surface area contributed by atoms with Crippen molar-refractivity contribution < 1.29 is 95.4 Å². The van der Waals surface area contributed by atoms with Crippen LogP contribution < -0.4 is 0 Å². The number of rotatable bonds is 16. The van der Waals surface area contributed by atoms with Gasteiger partial charge in [0.2, 0.25) is 12.2 Å². The van der Waals surface area contributed by atoms with Crippen molar-refractivity contribution in [1.29, 1.82) is 0 Å². The highest BCUT2D eigenvalue weighted by atomic mass is 16.8. The van der Waals surface area contributed by atoms with Crippen LogP contribution in [-0.2, 0) is 95.4 Å². The third-order valence-electron chi connectivity index (χ3n) is 7.03. The maximum Gasteiger partial charge on any atom is 0.303 e. The maximum absolute atomic E-state index is 12.1. The Labute approximate surface area is 315 Å². The van der Waals surface area contributed by atoms with Crippen LogP contribution in [0.25, 0.3) is 0 Å². The number of carbonyl (C=O) groups is 8. The minimum absolute atomic E-state index is 0.0729. The van der Waals surface area contributed by atoms with Crippen LogP contribution in [0.5, 0.6) is 0 Å². The predicted octanol–water partition coefficient (Wildman–Crippen LogP) is 0.328. The number of ether oxygens (including phenoxy) is 10. The Morgan fingerprint density at radius 1 is 0.400 bits per heavy atom. The molecule has 0 N–H and O–H groups in total. The second kappa shape index (κ2) is 21.5. The van der Waals surface area contributed by atoms with E-state index in [4.69, 9.17) is 57.0 Å². The molecule has 0 spiro atoms. The normalized spacial score (nSPS) is 28.0. The molecule has 22 nitrogen and oxygen atoms in total. The van der Waals surface area contributed by atoms with Crippen molar-refractivity contribution >= 4 is 59.2 Å². The van der Waals surface area contributed by atoms with E-state index in [1.165, 1.54) is 13.8 Å². The maximum atomic E-state index is 12.1. The average molecular weight is 791 g/mol. The van der Waals surface area contributed by atoms with E-state index in [0.717, 1.165) is 55.4 Å². The monoisotopic (exact) mass is 790 g/mol. The highest BCUT2D eigenvalue weighted by Crippen LogP contribution is 2.32. The number of nitrogens with zero attached hydrogens (tertiary/aromatic N) is 2. The molecule has 0 amide bonds. The van der Waals surface area contributed by atoms with Crippen molar-refractivity contribution in [2.45, 2.75) is 137 Å². The molecule has 2 rings (SSSR count). The first kappa shape index (κ1) is 45.8. The van der Waals surface area contributed by atoms with Gasteiger partial charge in [-0.05, 0) is 13.8 Å². The van der Waals surface area contributed by atoms with E-state index in [0.29, 0.717) is 0 Å². The number of carbonyl (C=O) groups excluding carboxylic acids is 8. The quantitative estimate of drug-likeness (QED) is 0.0881. The summed E-state index contributed by atoms with van der Waals surface area (Å²) in [6.07, 6.45) is -14.7. The molecule has 0 bridgehead atoms. The average Bonchev–Trinajstić information content (AvgIpc) is 3.04. The summed E-state index contributed by atoms with van der Waals surface area (Å²) in [4.78, 5) is 107. The van der Waals surface area contributed by atoms with E-state index in [1.807, 2.05) is 0 Å². The number of esters is 8. The van der Waals surface area contributed by atoms with Gasteiger partial charge in [-0.25, -0.2) is 0 Å². The molecule has 0 aromatic heterocycles. The fourth-order valence-electron chi connectivity index (χ4n) is 5.27. The van der Waals surface area contributed by atoms with Gasteiger partial charge in [0.25, 0.3) is 12.6 Å². The molecule has 0 aromatic rings. The van der Waals surface area contributed by atoms with Gasteiger partial charge in [-0.1, -0.05) is 10.3 Å². The third-order valence-corrected chi connectivity index (χ3v) is 7.03. The summed E-state index contributed by atoms with van der Waals surface area (Å²) in [6, 6.07) is 0. The highest BCUT2D eigenvalue weighted by molar-refractivity contribution is 6.01. The second-order valence-electron chi connectivity index (χ2n) is 12.2. The summed E-state index contributed by atoms with van der Waals surface area (Å²) >= 11 is 0. The van der Waals surface area contributed by atoms with E-state index in [2.05, 4.69) is 10.3 Å². The third kappa shape index (κ3) is 15.5. The van der Waals surface area contributed by atoms with E-state index in [1.54, 1.807) is 0 Å². The van der Waals surface area contributed by atoms with Gasteiger partial charge in [0.05, 0.1) is 11.4 Å². The van der Waals surface area contributed by atoms with Crippen molar-refractivity contribution in [2.75, 3.05) is 13.2 Å². The Hall–Kier alpha value is -5.38. The molecule has 308 valence electrons. The van der Waals surface area contributed by atoms with Crippen LogP contribution >= 0.6 is 0 Å². The summed E-state index contributed by atoms with van der Waals surface area (Å²) in [7, 11) is 0. The largest absolute Gasteiger partial charge is 0.463 e. The van der Waals surface area contributed by atoms with E-state index in [9.17, 15) is 38.4 Å². The molecule has 10 atom stereocenters. The Kier molecular flexibility index (Phi) is 17.9. The number of hydrogen-bond donors (Lipinski definition) is 0. The minimum atomic E-state index is -1.60. The van der Waals surface area contributed by atoms with Crippen LogP contribution in [0.2, 0.25) is 0 Å². The second-order valence-corrected chi connectivity index (χ2v) is 12.2. The van der Waals surface area contributed by atoms with Gasteiger partial charge in [-0.2, -0.15) is 0 Å². The fraction of sp³-hybridized carbons (Fsp3) is 0.697. The molecule has 22 heteroatoms. The number of hydrogen-bond acceptors (Lipinski definition) is 22. The molecule has 2 heterocycles. The highest BCUT2D eigenvalue weighted by Gasteiger charge is 2.55. The molecule has 0 unspecified atom stereocenters. The first-order valence-corrected chi connectivity index (χ1v) is 16.7. The zero-order valence-electron chi connectivity index (χ0n) is 32.0. The van der Waals surface area contributed by atoms with E-state index in [-0.39, 0.29) is 17.8 Å². The molecular weight excluding hydrogens is 744 g/mol. The molecule has 0 radical (unpaired) electrons. The Bertz CT molecular complexity index is 1390. The lowest BCUT2D eigenvalue weighted by Crippen LogP contribution is -2.62. The SMILES string of the molecule is CC(=O)OC[C@H]1O[C@@H](O/N=C(\C)C/C(C)=N/O[C@@H]2O[C@H](COC(C)=O)[C@@H](OC(C)=O)[C@H](OC(C)=O)[C@H]2OC(C)=O)[C@H](OC(C)=O)[C@@H](OC(C)=O)[C@@H]1OC(C)=O. The van der Waals surface area contributed by atoms with Gasteiger partial charge < -0.3 is 57.0 Å². The van der Waals surface area contributed by atoms with Gasteiger partial charge in [-0.15, -0.1) is 0 Å². The standard InChI is InChI=1S/C33H46N2O20/c1-14(34-54-32-30(50-22(9)42)28(48-20(7)40)26(46-18(5)38)24(52-32)12-44-16(3)36)11-15(2)35-55-33-31(51-23(10)43)29(49-21(8)41)27(47-19(6)39)25(53-33)13-45-17(4)37/h24-33H,11-13H2,1-10H3/b34-14+,35-15+/t24-,25-,26-,27-,28+,29+,30-,31-,32+,33+/m1/s1. The molecule has 2 saturated heterocycles. The van der Waals surface area contributed by atoms with E-state index < -0.39 is 122 Å². The van der Waals surface area contributed by atoms with Crippen LogP contribution in [0.15, 0.2) is 10.3 Å². The summed E-state index contributed by atoms with van der Waals surface area (Å²) in [5, 5.41) is 8.02. The van der Waals surface area contributed by atoms with Crippen molar-refractivity contribution in [2.24, 2.45) is 10.3 Å². The van der Waals surface area contributed by atoms with Gasteiger partial charge in [0.1, 0.15) is 25.4 Å². The zero-order valence-corrected chi connectivity index (χ0v) is 32.0. The summed E-state index contributed by atoms with van der Waals surface area (Å²) < 4.78 is 53.9. The molecular formula is C33H46N2O20. The lowest BCUT2D eigenvalue weighted by atomic mass is 9.98. The summed E-state index contributed by atoms with van der Waals surface area (Å²) in [5.41, 5.74) is 0.415. The van der Waals surface area contributed by atoms with Gasteiger partial charge >= 0.3 is 47.8 Å². The Morgan fingerprint density at radius 2 is 0.673 bits per heavy atom. The van der Waals surface area contributed by atoms with Gasteiger partial charge in [0, 0.05) is 61.8 Å². The van der Waals surface area contributed by atoms with Crippen LogP contribution in [-0.4, -0.2) is 134 Å². The van der Waals surface area contributed by atoms with Crippen molar-refractivity contribution in [3.05, 3.63) is 0 Å². The lowest BCUT2D eigenvalue weighted by Gasteiger charge is -2.43. The Morgan fingerprint density at radius 3 is 0.945 bits per heavy atom. The lowest BCUT2D eigenvalue weighted by molar-refractivity contribution is -0.308. The molecule has 55 heavy (non-hydrogen) atoms. The van der Waals surface area contributed by atoms with Gasteiger partial charge in [-0.3, -0.25) is 38.4 Å². The minimum Gasteiger partial charge on any atom is -0.463 e. The number of oxime groups is 2. The molecule has 0 saturated carbocycles. The summed E-state index contributed by atoms with van der Waals surface area (Å²) in [5.74, 6) is -6.40. The van der Waals surface area contributed by atoms with Crippen molar-refractivity contribution in [3.63, 3.8) is 0 Å². The van der Waals surface area contributed by atoms with Crippen LogP contribution in [0.4, 0.5) is 0 Å². The van der Waals surface area contributed by atoms with Crippen LogP contribution in [0, 0.1) is 0 Å². The molecule has 2 fully saturated rings. The van der Waals surface area contributed by atoms with Gasteiger partial charge in [0.15, 0.2) is 24.4 Å². The zero-order chi connectivity index (χ0) is 41.6. The fourth-order valence-corrected chi connectivity index (χ4v) is 5.27. The van der Waals surface area contributed by atoms with E-state index >= 15 is 0 Å². The van der Waals surface area contributed by atoms with Crippen LogP contribution in [0.1, 0.15) is 75.7 Å². The van der Waals surface area contributed by atoms with Crippen molar-refractivity contribution in [3.8, 4) is 0 Å². The first-order chi connectivity index (χ1) is 25.7. The first-order valence-electron chi connectivity index (χ1n) is 16.7. The molecule has 0 aromatic carbocycles.